The first kappa shape index (κ1) is 10.5. The van der Waals surface area contributed by atoms with Gasteiger partial charge in [0.1, 0.15) is 0 Å². The predicted molar refractivity (Wildman–Crippen MR) is 66.8 cm³/mol. The summed E-state index contributed by atoms with van der Waals surface area (Å²) in [5.74, 6) is 0. The fourth-order valence-electron chi connectivity index (χ4n) is 1.41. The Kier molecular flexibility index (Phi) is 3.38. The molecule has 80 valence electrons. The second-order valence-electron chi connectivity index (χ2n) is 3.51. The predicted octanol–water partition coefficient (Wildman–Crippen LogP) is 2.76. The van der Waals surface area contributed by atoms with Crippen LogP contribution in [0.5, 0.6) is 0 Å². The van der Waals surface area contributed by atoms with Crippen LogP contribution in [0.25, 0.3) is 0 Å². The van der Waals surface area contributed by atoms with Crippen molar-refractivity contribution in [3.8, 4) is 0 Å². The van der Waals surface area contributed by atoms with Crippen LogP contribution in [0.3, 0.4) is 0 Å². The van der Waals surface area contributed by atoms with E-state index in [1.807, 2.05) is 31.2 Å². The maximum Gasteiger partial charge on any atom is 0.0831 e. The topological polar surface area (TPSA) is 37.6 Å². The van der Waals surface area contributed by atoms with E-state index in [0.717, 1.165) is 17.8 Å². The number of rotatable bonds is 3. The van der Waals surface area contributed by atoms with Gasteiger partial charge < -0.3 is 0 Å². The molecule has 0 unspecified atom stereocenters. The van der Waals surface area contributed by atoms with Gasteiger partial charge in [0, 0.05) is 6.20 Å². The molecule has 0 saturated carbocycles. The highest BCUT2D eigenvalue weighted by Gasteiger charge is 2.01. The number of pyridine rings is 1. The van der Waals surface area contributed by atoms with Crippen LogP contribution < -0.4 is 0 Å². The van der Waals surface area contributed by atoms with Crippen molar-refractivity contribution >= 4 is 11.9 Å². The molecule has 3 heteroatoms. The average Bonchev–Trinajstić information content (AvgIpc) is 2.84. The molecule has 0 saturated heterocycles. The summed E-state index contributed by atoms with van der Waals surface area (Å²) in [5.41, 5.74) is 2.99. The van der Waals surface area contributed by atoms with Crippen LogP contribution >= 0.6 is 0 Å². The summed E-state index contributed by atoms with van der Waals surface area (Å²) in [6, 6.07) is 5.69. The van der Waals surface area contributed by atoms with E-state index in [-0.39, 0.29) is 0 Å². The Balaban J connectivity index is 2.01. The van der Waals surface area contributed by atoms with Crippen molar-refractivity contribution < 1.29 is 0 Å². The van der Waals surface area contributed by atoms with E-state index in [0.29, 0.717) is 0 Å². The van der Waals surface area contributed by atoms with Gasteiger partial charge in [0.15, 0.2) is 0 Å². The van der Waals surface area contributed by atoms with Crippen molar-refractivity contribution in [3.63, 3.8) is 0 Å². The van der Waals surface area contributed by atoms with Crippen LogP contribution in [-0.2, 0) is 0 Å². The quantitative estimate of drug-likeness (QED) is 0.559. The zero-order chi connectivity index (χ0) is 11.2. The lowest BCUT2D eigenvalue weighted by Gasteiger charge is -1.96. The van der Waals surface area contributed by atoms with E-state index < -0.39 is 0 Å². The smallest absolute Gasteiger partial charge is 0.0831 e. The fraction of sp³-hybridized carbons (Fsp3) is 0.154. The molecule has 0 aromatic carbocycles. The summed E-state index contributed by atoms with van der Waals surface area (Å²) in [5, 5.41) is 8.16. The van der Waals surface area contributed by atoms with E-state index >= 15 is 0 Å². The first-order valence-electron chi connectivity index (χ1n) is 5.21. The molecule has 3 nitrogen and oxygen atoms in total. The van der Waals surface area contributed by atoms with E-state index in [9.17, 15) is 0 Å². The van der Waals surface area contributed by atoms with E-state index in [1.54, 1.807) is 12.4 Å². The maximum atomic E-state index is 4.14. The summed E-state index contributed by atoms with van der Waals surface area (Å²) < 4.78 is 0. The normalized spacial score (nSPS) is 15.8. The third kappa shape index (κ3) is 2.73. The van der Waals surface area contributed by atoms with Crippen LogP contribution in [0.4, 0.5) is 0 Å². The zero-order valence-electron chi connectivity index (χ0n) is 9.17. The summed E-state index contributed by atoms with van der Waals surface area (Å²) in [7, 11) is 0. The second-order valence-corrected chi connectivity index (χ2v) is 3.51. The number of nitrogens with zero attached hydrogens (tertiary/aromatic N) is 3. The lowest BCUT2D eigenvalue weighted by molar-refractivity contribution is 1.20. The summed E-state index contributed by atoms with van der Waals surface area (Å²) in [6.07, 6.45) is 10.6. The molecule has 2 rings (SSSR count). The molecule has 0 fully saturated rings. The number of hydrogen-bond acceptors (Lipinski definition) is 3. The van der Waals surface area contributed by atoms with E-state index in [1.165, 1.54) is 5.57 Å². The molecule has 0 radical (unpaired) electrons. The van der Waals surface area contributed by atoms with Crippen molar-refractivity contribution in [1.29, 1.82) is 0 Å². The molecule has 1 aromatic rings. The van der Waals surface area contributed by atoms with Crippen molar-refractivity contribution in [2.75, 3.05) is 0 Å². The van der Waals surface area contributed by atoms with Crippen LogP contribution in [-0.4, -0.2) is 16.9 Å². The Morgan fingerprint density at radius 3 is 3.06 bits per heavy atom. The van der Waals surface area contributed by atoms with Gasteiger partial charge in [0.2, 0.25) is 0 Å². The molecule has 0 aliphatic heterocycles. The Morgan fingerprint density at radius 1 is 1.44 bits per heavy atom. The molecule has 1 heterocycles. The average molecular weight is 211 g/mol. The molecule has 1 aromatic heterocycles. The Labute approximate surface area is 94.9 Å². The molecule has 1 aliphatic carbocycles. The van der Waals surface area contributed by atoms with Crippen molar-refractivity contribution in [3.05, 3.63) is 53.9 Å². The monoisotopic (exact) mass is 211 g/mol. The minimum atomic E-state index is 0.817. The Bertz CT molecular complexity index is 467. The lowest BCUT2D eigenvalue weighted by Crippen LogP contribution is -1.93. The lowest BCUT2D eigenvalue weighted by atomic mass is 10.1. The molecule has 0 atom stereocenters. The van der Waals surface area contributed by atoms with Crippen LogP contribution in [0.1, 0.15) is 19.0 Å². The van der Waals surface area contributed by atoms with Gasteiger partial charge in [-0.2, -0.15) is 10.2 Å². The Hall–Kier alpha value is -2.03. The summed E-state index contributed by atoms with van der Waals surface area (Å²) in [6.45, 7) is 1.97. The third-order valence-electron chi connectivity index (χ3n) is 2.32. The van der Waals surface area contributed by atoms with Gasteiger partial charge >= 0.3 is 0 Å². The largest absolute Gasteiger partial charge is 0.255 e. The van der Waals surface area contributed by atoms with Gasteiger partial charge in [0.25, 0.3) is 0 Å². The highest BCUT2D eigenvalue weighted by Crippen LogP contribution is 2.11. The molecule has 0 spiro atoms. The molecule has 0 bridgehead atoms. The zero-order valence-corrected chi connectivity index (χ0v) is 9.17. The van der Waals surface area contributed by atoms with Gasteiger partial charge in [-0.05, 0) is 31.1 Å². The molecule has 0 amide bonds. The number of aromatic nitrogens is 1. The van der Waals surface area contributed by atoms with Crippen molar-refractivity contribution in [2.24, 2.45) is 10.2 Å². The summed E-state index contributed by atoms with van der Waals surface area (Å²) in [4.78, 5) is 4.13. The van der Waals surface area contributed by atoms with Gasteiger partial charge in [-0.25, -0.2) is 0 Å². The SMILES string of the molecule is C/C(=N/N=C/c1ccccn1)C1=CC=CC1. The molecule has 1 aliphatic rings. The number of hydrogen-bond donors (Lipinski definition) is 0. The van der Waals surface area contributed by atoms with Gasteiger partial charge in [0.05, 0.1) is 17.6 Å². The second kappa shape index (κ2) is 5.16. The molecule has 16 heavy (non-hydrogen) atoms. The highest BCUT2D eigenvalue weighted by atomic mass is 15.2. The van der Waals surface area contributed by atoms with E-state index in [2.05, 4.69) is 27.3 Å². The van der Waals surface area contributed by atoms with Gasteiger partial charge in [-0.1, -0.05) is 24.3 Å². The standard InChI is InChI=1S/C13H13N3/c1-11(12-6-2-3-7-12)16-15-10-13-8-4-5-9-14-13/h2-6,8-10H,7H2,1H3/b15-10+,16-11-. The maximum absolute atomic E-state index is 4.14. The first-order valence-corrected chi connectivity index (χ1v) is 5.21. The minimum Gasteiger partial charge on any atom is -0.255 e. The molecule has 0 N–H and O–H groups in total. The van der Waals surface area contributed by atoms with Crippen LogP contribution in [0, 0.1) is 0 Å². The fourth-order valence-corrected chi connectivity index (χ4v) is 1.41. The van der Waals surface area contributed by atoms with E-state index in [4.69, 9.17) is 0 Å². The van der Waals surface area contributed by atoms with Gasteiger partial charge in [-0.15, -0.1) is 0 Å². The van der Waals surface area contributed by atoms with Crippen molar-refractivity contribution in [1.82, 2.24) is 4.98 Å². The minimum absolute atomic E-state index is 0.817. The van der Waals surface area contributed by atoms with Crippen molar-refractivity contribution in [2.45, 2.75) is 13.3 Å². The Morgan fingerprint density at radius 2 is 2.38 bits per heavy atom. The highest BCUT2D eigenvalue weighted by molar-refractivity contribution is 5.99. The molecular formula is C13H13N3. The van der Waals surface area contributed by atoms with Gasteiger partial charge in [-0.3, -0.25) is 4.98 Å². The first-order chi connectivity index (χ1) is 7.86. The van der Waals surface area contributed by atoms with Crippen LogP contribution in [0.2, 0.25) is 0 Å². The van der Waals surface area contributed by atoms with Crippen LogP contribution in [0.15, 0.2) is 58.4 Å². The third-order valence-corrected chi connectivity index (χ3v) is 2.32. The summed E-state index contributed by atoms with van der Waals surface area (Å²) >= 11 is 0. The number of allylic oxidation sites excluding steroid dienone is 4. The molecular weight excluding hydrogens is 198 g/mol.